The van der Waals surface area contributed by atoms with E-state index in [0.717, 1.165) is 19.3 Å². The van der Waals surface area contributed by atoms with E-state index in [1.165, 1.54) is 23.4 Å². The van der Waals surface area contributed by atoms with Crippen LogP contribution in [0.5, 0.6) is 0 Å². The summed E-state index contributed by atoms with van der Waals surface area (Å²) in [6.07, 6.45) is 5.92. The maximum atomic E-state index is 12.2. The normalized spacial score (nSPS) is 23.7. The van der Waals surface area contributed by atoms with Crippen LogP contribution in [0.1, 0.15) is 36.0 Å². The number of aromatic amines is 1. The number of carbonyl (C=O) groups is 1. The van der Waals surface area contributed by atoms with E-state index in [9.17, 15) is 14.7 Å². The lowest BCUT2D eigenvalue weighted by Crippen LogP contribution is -2.47. The van der Waals surface area contributed by atoms with Gasteiger partial charge in [-0.05, 0) is 12.8 Å². The van der Waals surface area contributed by atoms with Crippen molar-refractivity contribution in [3.8, 4) is 0 Å². The molecule has 0 aromatic carbocycles. The van der Waals surface area contributed by atoms with Crippen LogP contribution in [0, 0.1) is 0 Å². The first-order valence-corrected chi connectivity index (χ1v) is 6.23. The van der Waals surface area contributed by atoms with Crippen LogP contribution in [0.15, 0.2) is 23.3 Å². The van der Waals surface area contributed by atoms with E-state index in [1.54, 1.807) is 7.05 Å². The van der Waals surface area contributed by atoms with Crippen LogP contribution in [0.25, 0.3) is 0 Å². The lowest BCUT2D eigenvalue weighted by molar-refractivity contribution is 0.0267. The predicted molar refractivity (Wildman–Crippen MR) is 67.4 cm³/mol. The number of aliphatic hydroxyl groups excluding tert-OH is 1. The van der Waals surface area contributed by atoms with Crippen LogP contribution in [0.2, 0.25) is 0 Å². The van der Waals surface area contributed by atoms with E-state index in [-0.39, 0.29) is 22.9 Å². The monoisotopic (exact) mass is 250 g/mol. The van der Waals surface area contributed by atoms with Gasteiger partial charge in [-0.15, -0.1) is 0 Å². The number of pyridine rings is 1. The maximum absolute atomic E-state index is 12.2. The molecule has 0 spiro atoms. The average molecular weight is 250 g/mol. The zero-order valence-corrected chi connectivity index (χ0v) is 10.4. The summed E-state index contributed by atoms with van der Waals surface area (Å²) >= 11 is 0. The quantitative estimate of drug-likeness (QED) is 0.813. The fourth-order valence-corrected chi connectivity index (χ4v) is 2.47. The molecule has 1 fully saturated rings. The molecule has 1 aromatic rings. The highest BCUT2D eigenvalue weighted by Gasteiger charge is 2.30. The average Bonchev–Trinajstić information content (AvgIpc) is 2.38. The van der Waals surface area contributed by atoms with Gasteiger partial charge >= 0.3 is 0 Å². The van der Waals surface area contributed by atoms with E-state index >= 15 is 0 Å². The van der Waals surface area contributed by atoms with E-state index in [1.807, 2.05) is 0 Å². The van der Waals surface area contributed by atoms with Crippen molar-refractivity contribution in [2.24, 2.45) is 0 Å². The fourth-order valence-electron chi connectivity index (χ4n) is 2.47. The smallest absolute Gasteiger partial charge is 0.259 e. The second-order valence-corrected chi connectivity index (χ2v) is 4.76. The molecule has 18 heavy (non-hydrogen) atoms. The van der Waals surface area contributed by atoms with Gasteiger partial charge in [0.05, 0.1) is 12.1 Å². The van der Waals surface area contributed by atoms with Gasteiger partial charge in [-0.3, -0.25) is 9.59 Å². The van der Waals surface area contributed by atoms with Gasteiger partial charge in [0.2, 0.25) is 0 Å². The standard InChI is InChI=1S/C13H18N2O3/c1-15(10-4-2-3-5-12(10)17)13(18)9-8-14-7-6-11(9)16/h6-8,10,12,17H,2-5H2,1H3,(H,14,16). The third-order valence-electron chi connectivity index (χ3n) is 3.57. The van der Waals surface area contributed by atoms with Crippen molar-refractivity contribution in [2.45, 2.75) is 37.8 Å². The number of hydrogen-bond acceptors (Lipinski definition) is 3. The van der Waals surface area contributed by atoms with Crippen molar-refractivity contribution < 1.29 is 9.90 Å². The van der Waals surface area contributed by atoms with Gasteiger partial charge in [0, 0.05) is 25.5 Å². The number of likely N-dealkylation sites (N-methyl/N-ethyl adjacent to an activating group) is 1. The third kappa shape index (κ3) is 2.46. The van der Waals surface area contributed by atoms with Gasteiger partial charge in [0.15, 0.2) is 5.43 Å². The predicted octanol–water partition coefficient (Wildman–Crippen LogP) is 0.750. The van der Waals surface area contributed by atoms with Crippen LogP contribution in [-0.2, 0) is 0 Å². The molecule has 2 rings (SSSR count). The summed E-state index contributed by atoms with van der Waals surface area (Å²) in [5, 5.41) is 9.92. The first kappa shape index (κ1) is 12.8. The molecule has 1 heterocycles. The topological polar surface area (TPSA) is 73.4 Å². The van der Waals surface area contributed by atoms with Crippen LogP contribution in [0.4, 0.5) is 0 Å². The van der Waals surface area contributed by atoms with Gasteiger partial charge in [0.25, 0.3) is 5.91 Å². The molecule has 0 radical (unpaired) electrons. The van der Waals surface area contributed by atoms with E-state index in [2.05, 4.69) is 4.98 Å². The van der Waals surface area contributed by atoms with Crippen molar-refractivity contribution >= 4 is 5.91 Å². The first-order chi connectivity index (χ1) is 8.61. The minimum atomic E-state index is -0.490. The van der Waals surface area contributed by atoms with Crippen LogP contribution in [-0.4, -0.2) is 40.1 Å². The molecule has 1 aliphatic carbocycles. The molecule has 0 bridgehead atoms. The Morgan fingerprint density at radius 2 is 2.17 bits per heavy atom. The third-order valence-corrected chi connectivity index (χ3v) is 3.57. The van der Waals surface area contributed by atoms with Crippen molar-refractivity contribution in [3.05, 3.63) is 34.2 Å². The molecule has 1 saturated carbocycles. The number of H-pyrrole nitrogens is 1. The lowest BCUT2D eigenvalue weighted by Gasteiger charge is -2.35. The highest BCUT2D eigenvalue weighted by atomic mass is 16.3. The molecule has 98 valence electrons. The number of carbonyl (C=O) groups excluding carboxylic acids is 1. The van der Waals surface area contributed by atoms with Gasteiger partial charge < -0.3 is 15.0 Å². The van der Waals surface area contributed by atoms with Crippen molar-refractivity contribution in [1.82, 2.24) is 9.88 Å². The molecule has 2 N–H and O–H groups in total. The number of amides is 1. The summed E-state index contributed by atoms with van der Waals surface area (Å²) in [6, 6.07) is 1.14. The number of aromatic nitrogens is 1. The molecule has 2 atom stereocenters. The van der Waals surface area contributed by atoms with Crippen LogP contribution >= 0.6 is 0 Å². The van der Waals surface area contributed by atoms with E-state index in [4.69, 9.17) is 0 Å². The summed E-state index contributed by atoms with van der Waals surface area (Å²) in [4.78, 5) is 28.0. The largest absolute Gasteiger partial charge is 0.391 e. The zero-order chi connectivity index (χ0) is 13.1. The van der Waals surface area contributed by atoms with E-state index < -0.39 is 6.10 Å². The Labute approximate surface area is 105 Å². The fraction of sp³-hybridized carbons (Fsp3) is 0.538. The molecular formula is C13H18N2O3. The first-order valence-electron chi connectivity index (χ1n) is 6.23. The Bertz CT molecular complexity index is 483. The Morgan fingerprint density at radius 1 is 1.44 bits per heavy atom. The SMILES string of the molecule is CN(C(=O)c1c[nH]ccc1=O)C1CCCCC1O. The maximum Gasteiger partial charge on any atom is 0.259 e. The highest BCUT2D eigenvalue weighted by molar-refractivity contribution is 5.93. The number of nitrogens with zero attached hydrogens (tertiary/aromatic N) is 1. The molecule has 5 heteroatoms. The summed E-state index contributed by atoms with van der Waals surface area (Å²) in [5.74, 6) is -0.331. The second kappa shape index (κ2) is 5.35. The van der Waals surface area contributed by atoms with Crippen molar-refractivity contribution in [3.63, 3.8) is 0 Å². The molecule has 2 unspecified atom stereocenters. The summed E-state index contributed by atoms with van der Waals surface area (Å²) < 4.78 is 0. The van der Waals surface area contributed by atoms with Gasteiger partial charge in [-0.25, -0.2) is 0 Å². The van der Waals surface area contributed by atoms with E-state index in [0.29, 0.717) is 6.42 Å². The van der Waals surface area contributed by atoms with Gasteiger partial charge in [-0.1, -0.05) is 12.8 Å². The van der Waals surface area contributed by atoms with Crippen LogP contribution < -0.4 is 5.43 Å². The molecule has 5 nitrogen and oxygen atoms in total. The Balaban J connectivity index is 2.18. The molecule has 1 amide bonds. The second-order valence-electron chi connectivity index (χ2n) is 4.76. The molecular weight excluding hydrogens is 232 g/mol. The summed E-state index contributed by atoms with van der Waals surface area (Å²) in [5.41, 5.74) is -0.173. The Kier molecular flexibility index (Phi) is 3.81. The highest BCUT2D eigenvalue weighted by Crippen LogP contribution is 2.23. The van der Waals surface area contributed by atoms with Gasteiger partial charge in [-0.2, -0.15) is 0 Å². The van der Waals surface area contributed by atoms with Crippen molar-refractivity contribution in [2.75, 3.05) is 7.05 Å². The number of hydrogen-bond donors (Lipinski definition) is 2. The number of rotatable bonds is 2. The van der Waals surface area contributed by atoms with Crippen LogP contribution in [0.3, 0.4) is 0 Å². The lowest BCUT2D eigenvalue weighted by atomic mass is 9.91. The number of aliphatic hydroxyl groups is 1. The summed E-state index contributed by atoms with van der Waals surface area (Å²) in [7, 11) is 1.65. The Hall–Kier alpha value is -1.62. The molecule has 1 aromatic heterocycles. The zero-order valence-electron chi connectivity index (χ0n) is 10.4. The molecule has 0 saturated heterocycles. The minimum Gasteiger partial charge on any atom is -0.391 e. The molecule has 0 aliphatic heterocycles. The summed E-state index contributed by atoms with van der Waals surface area (Å²) in [6.45, 7) is 0. The van der Waals surface area contributed by atoms with Crippen molar-refractivity contribution in [1.29, 1.82) is 0 Å². The number of nitrogens with one attached hydrogen (secondary N) is 1. The molecule has 1 aliphatic rings. The van der Waals surface area contributed by atoms with Gasteiger partial charge in [0.1, 0.15) is 5.56 Å². The minimum absolute atomic E-state index is 0.123. The Morgan fingerprint density at radius 3 is 2.83 bits per heavy atom.